The lowest BCUT2D eigenvalue weighted by atomic mass is 10.3. The first kappa shape index (κ1) is 11.9. The highest BCUT2D eigenvalue weighted by Crippen LogP contribution is 2.29. The van der Waals surface area contributed by atoms with Crippen molar-refractivity contribution < 1.29 is 4.92 Å². The average molecular weight is 293 g/mol. The molecule has 0 heterocycles. The van der Waals surface area contributed by atoms with Gasteiger partial charge in [0.05, 0.1) is 16.5 Å². The van der Waals surface area contributed by atoms with Crippen LogP contribution in [0.15, 0.2) is 27.7 Å². The molecule has 1 aromatic rings. The number of nitro benzene ring substituents is 1. The standard InChI is InChI=1S/C8H7BrClN3O2/c9-6-2-1-5(13(14)15)3-7(6)12-8(11)4-10/h1-3H,4H2,(H2,11,12). The van der Waals surface area contributed by atoms with Crippen LogP contribution in [0.5, 0.6) is 0 Å². The number of nitrogens with zero attached hydrogens (tertiary/aromatic N) is 2. The maximum Gasteiger partial charge on any atom is 0.271 e. The Morgan fingerprint density at radius 3 is 2.87 bits per heavy atom. The SMILES string of the molecule is NC(CCl)=Nc1cc([N+](=O)[O-])ccc1Br. The molecule has 0 saturated heterocycles. The van der Waals surface area contributed by atoms with E-state index in [4.69, 9.17) is 17.3 Å². The van der Waals surface area contributed by atoms with Crippen LogP contribution >= 0.6 is 27.5 Å². The van der Waals surface area contributed by atoms with E-state index < -0.39 is 4.92 Å². The third-order valence-corrected chi connectivity index (χ3v) is 2.49. The van der Waals surface area contributed by atoms with Gasteiger partial charge >= 0.3 is 0 Å². The Hall–Kier alpha value is -1.14. The molecule has 0 spiro atoms. The highest BCUT2D eigenvalue weighted by molar-refractivity contribution is 9.10. The van der Waals surface area contributed by atoms with Gasteiger partial charge in [0, 0.05) is 16.6 Å². The molecule has 0 unspecified atom stereocenters. The Morgan fingerprint density at radius 1 is 1.67 bits per heavy atom. The van der Waals surface area contributed by atoms with Gasteiger partial charge in [-0.05, 0) is 22.0 Å². The predicted octanol–water partition coefficient (Wildman–Crippen LogP) is 2.58. The number of benzene rings is 1. The van der Waals surface area contributed by atoms with Crippen molar-refractivity contribution in [3.63, 3.8) is 0 Å². The molecule has 0 radical (unpaired) electrons. The number of rotatable bonds is 3. The first-order valence-corrected chi connectivity index (χ1v) is 5.20. The number of aliphatic imine (C=N–C) groups is 1. The van der Waals surface area contributed by atoms with Gasteiger partial charge in [0.15, 0.2) is 0 Å². The normalized spacial score (nSPS) is 11.5. The molecule has 0 aromatic heterocycles. The smallest absolute Gasteiger partial charge is 0.271 e. The number of hydrogen-bond donors (Lipinski definition) is 1. The summed E-state index contributed by atoms with van der Waals surface area (Å²) in [6.45, 7) is 0. The van der Waals surface area contributed by atoms with Crippen molar-refractivity contribution in [1.82, 2.24) is 0 Å². The highest BCUT2D eigenvalue weighted by Gasteiger charge is 2.08. The summed E-state index contributed by atoms with van der Waals surface area (Å²) in [5.74, 6) is 0.285. The largest absolute Gasteiger partial charge is 0.386 e. The lowest BCUT2D eigenvalue weighted by molar-refractivity contribution is -0.384. The lowest BCUT2D eigenvalue weighted by Gasteiger charge is -1.99. The van der Waals surface area contributed by atoms with Crippen LogP contribution < -0.4 is 5.73 Å². The summed E-state index contributed by atoms with van der Waals surface area (Å²) in [6.07, 6.45) is 0. The van der Waals surface area contributed by atoms with E-state index in [1.165, 1.54) is 12.1 Å². The zero-order valence-electron chi connectivity index (χ0n) is 7.48. The number of non-ortho nitro benzene ring substituents is 1. The molecule has 0 amide bonds. The van der Waals surface area contributed by atoms with E-state index in [-0.39, 0.29) is 17.4 Å². The van der Waals surface area contributed by atoms with Gasteiger partial charge in [0.25, 0.3) is 5.69 Å². The Kier molecular flexibility index (Phi) is 4.05. The summed E-state index contributed by atoms with van der Waals surface area (Å²) in [5, 5.41) is 10.5. The molecule has 5 nitrogen and oxygen atoms in total. The maximum atomic E-state index is 10.5. The summed E-state index contributed by atoms with van der Waals surface area (Å²) in [5.41, 5.74) is 5.78. The number of nitro groups is 1. The molecule has 0 bridgehead atoms. The van der Waals surface area contributed by atoms with Crippen molar-refractivity contribution in [2.45, 2.75) is 0 Å². The fraction of sp³-hybridized carbons (Fsp3) is 0.125. The molecule has 0 aliphatic heterocycles. The van der Waals surface area contributed by atoms with Crippen LogP contribution in [-0.2, 0) is 0 Å². The second-order valence-corrected chi connectivity index (χ2v) is 3.75. The van der Waals surface area contributed by atoms with Crippen LogP contribution in [0.1, 0.15) is 0 Å². The monoisotopic (exact) mass is 291 g/mol. The number of amidine groups is 1. The van der Waals surface area contributed by atoms with Crippen molar-refractivity contribution in [3.8, 4) is 0 Å². The Morgan fingerprint density at radius 2 is 2.33 bits per heavy atom. The van der Waals surface area contributed by atoms with E-state index in [0.717, 1.165) is 0 Å². The van der Waals surface area contributed by atoms with Gasteiger partial charge in [-0.15, -0.1) is 11.6 Å². The fourth-order valence-corrected chi connectivity index (χ4v) is 1.28. The Balaban J connectivity index is 3.17. The fourth-order valence-electron chi connectivity index (χ4n) is 0.885. The predicted molar refractivity (Wildman–Crippen MR) is 62.8 cm³/mol. The van der Waals surface area contributed by atoms with Gasteiger partial charge in [0.1, 0.15) is 5.84 Å². The number of halogens is 2. The van der Waals surface area contributed by atoms with Gasteiger partial charge < -0.3 is 5.73 Å². The lowest BCUT2D eigenvalue weighted by Crippen LogP contribution is -2.12. The van der Waals surface area contributed by atoms with Gasteiger partial charge in [-0.3, -0.25) is 10.1 Å². The molecule has 0 saturated carbocycles. The minimum absolute atomic E-state index is 0.0423. The summed E-state index contributed by atoms with van der Waals surface area (Å²) in [7, 11) is 0. The van der Waals surface area contributed by atoms with Crippen molar-refractivity contribution in [2.75, 3.05) is 5.88 Å². The molecule has 7 heteroatoms. The molecule has 15 heavy (non-hydrogen) atoms. The molecule has 80 valence electrons. The zero-order chi connectivity index (χ0) is 11.4. The van der Waals surface area contributed by atoms with Crippen molar-refractivity contribution in [1.29, 1.82) is 0 Å². The van der Waals surface area contributed by atoms with Crippen molar-refractivity contribution in [2.24, 2.45) is 10.7 Å². The number of alkyl halides is 1. The van der Waals surface area contributed by atoms with Crippen molar-refractivity contribution in [3.05, 3.63) is 32.8 Å². The first-order valence-electron chi connectivity index (χ1n) is 3.87. The van der Waals surface area contributed by atoms with Crippen LogP contribution in [0.25, 0.3) is 0 Å². The van der Waals surface area contributed by atoms with Gasteiger partial charge in [-0.25, -0.2) is 4.99 Å². The summed E-state index contributed by atoms with van der Waals surface area (Å²) >= 11 is 8.66. The highest BCUT2D eigenvalue weighted by atomic mass is 79.9. The minimum Gasteiger partial charge on any atom is -0.386 e. The number of hydrogen-bond acceptors (Lipinski definition) is 3. The third-order valence-electron chi connectivity index (χ3n) is 1.54. The van der Waals surface area contributed by atoms with E-state index in [9.17, 15) is 10.1 Å². The molecular weight excluding hydrogens is 285 g/mol. The molecule has 0 aliphatic rings. The molecule has 2 N–H and O–H groups in total. The maximum absolute atomic E-state index is 10.5. The van der Waals surface area contributed by atoms with Crippen molar-refractivity contribution >= 4 is 44.7 Å². The van der Waals surface area contributed by atoms with E-state index in [2.05, 4.69) is 20.9 Å². The molecule has 1 aromatic carbocycles. The van der Waals surface area contributed by atoms with E-state index in [0.29, 0.717) is 10.2 Å². The van der Waals surface area contributed by atoms with E-state index in [1.54, 1.807) is 6.07 Å². The topological polar surface area (TPSA) is 81.5 Å². The zero-order valence-corrected chi connectivity index (χ0v) is 9.83. The van der Waals surface area contributed by atoms with E-state index >= 15 is 0 Å². The molecule has 1 rings (SSSR count). The summed E-state index contributed by atoms with van der Waals surface area (Å²) in [6, 6.07) is 4.24. The Labute approximate surface area is 99.2 Å². The van der Waals surface area contributed by atoms with Gasteiger partial charge in [-0.2, -0.15) is 0 Å². The van der Waals surface area contributed by atoms with Gasteiger partial charge in [0.2, 0.25) is 0 Å². The van der Waals surface area contributed by atoms with E-state index in [1.807, 2.05) is 0 Å². The molecule has 0 atom stereocenters. The summed E-state index contributed by atoms with van der Waals surface area (Å²) < 4.78 is 0.626. The third kappa shape index (κ3) is 3.17. The van der Waals surface area contributed by atoms with Crippen LogP contribution in [0, 0.1) is 10.1 Å². The first-order chi connectivity index (χ1) is 7.04. The van der Waals surface area contributed by atoms with Crippen LogP contribution in [0.2, 0.25) is 0 Å². The van der Waals surface area contributed by atoms with Crippen LogP contribution in [0.4, 0.5) is 11.4 Å². The average Bonchev–Trinajstić information content (AvgIpc) is 2.20. The molecule has 0 aliphatic carbocycles. The molecular formula is C8H7BrClN3O2. The number of nitrogens with two attached hydrogens (primary N) is 1. The quantitative estimate of drug-likeness (QED) is 0.306. The van der Waals surface area contributed by atoms with Crippen LogP contribution in [0.3, 0.4) is 0 Å². The Bertz CT molecular complexity index is 422. The molecule has 0 fully saturated rings. The second kappa shape index (κ2) is 5.09. The summed E-state index contributed by atoms with van der Waals surface area (Å²) in [4.78, 5) is 13.9. The minimum atomic E-state index is -0.498. The second-order valence-electron chi connectivity index (χ2n) is 2.63. The van der Waals surface area contributed by atoms with Crippen LogP contribution in [-0.4, -0.2) is 16.6 Å². The van der Waals surface area contributed by atoms with Gasteiger partial charge in [-0.1, -0.05) is 0 Å².